The minimum atomic E-state index is 0.301. The number of aromatic nitrogens is 3. The Morgan fingerprint density at radius 3 is 2.46 bits per heavy atom. The molecule has 2 aromatic heterocycles. The average Bonchev–Trinajstić information content (AvgIpc) is 3.27. The molecule has 9 heteroatoms. The Bertz CT molecular complexity index is 1410. The third-order valence-corrected chi connectivity index (χ3v) is 5.29. The average molecular weight is 488 g/mol. The summed E-state index contributed by atoms with van der Waals surface area (Å²) >= 11 is 6.00. The van der Waals surface area contributed by atoms with Crippen molar-refractivity contribution in [2.24, 2.45) is 0 Å². The van der Waals surface area contributed by atoms with Crippen molar-refractivity contribution < 1.29 is 14.2 Å². The van der Waals surface area contributed by atoms with Crippen LogP contribution in [-0.4, -0.2) is 28.8 Å². The maximum absolute atomic E-state index is 8.87. The second-order valence-corrected chi connectivity index (χ2v) is 7.73. The predicted molar refractivity (Wildman–Crippen MR) is 137 cm³/mol. The summed E-state index contributed by atoms with van der Waals surface area (Å²) in [4.78, 5) is 9.29. The number of benzene rings is 2. The number of hydrogen-bond donors (Lipinski definition) is 1. The zero-order chi connectivity index (χ0) is 24.8. The Morgan fingerprint density at radius 1 is 1.11 bits per heavy atom. The molecule has 0 spiro atoms. The third kappa shape index (κ3) is 5.21. The van der Waals surface area contributed by atoms with Gasteiger partial charge in [0.05, 0.1) is 25.8 Å². The Hall–Kier alpha value is -4.48. The van der Waals surface area contributed by atoms with Crippen LogP contribution in [0.15, 0.2) is 67.4 Å². The first-order valence-corrected chi connectivity index (χ1v) is 10.9. The molecule has 0 saturated carbocycles. The highest BCUT2D eigenvalue weighted by Gasteiger charge is 2.20. The molecule has 0 aliphatic rings. The predicted octanol–water partition coefficient (Wildman–Crippen LogP) is 6.36. The molecule has 0 fully saturated rings. The molecule has 4 aromatic rings. The molecule has 2 heterocycles. The minimum absolute atomic E-state index is 0.301. The van der Waals surface area contributed by atoms with Crippen LogP contribution < -0.4 is 19.5 Å². The fourth-order valence-corrected chi connectivity index (χ4v) is 3.61. The quantitative estimate of drug-likeness (QED) is 0.217. The van der Waals surface area contributed by atoms with Gasteiger partial charge in [-0.3, -0.25) is 0 Å². The summed E-state index contributed by atoms with van der Waals surface area (Å²) < 4.78 is 19.4. The van der Waals surface area contributed by atoms with Crippen LogP contribution in [0.25, 0.3) is 17.1 Å². The van der Waals surface area contributed by atoms with Gasteiger partial charge in [-0.15, -0.1) is 6.58 Å². The monoisotopic (exact) mass is 487 g/mol. The molecule has 0 saturated heterocycles. The number of nitrogens with zero attached hydrogens (tertiary/aromatic N) is 4. The Labute approximate surface area is 207 Å². The first-order chi connectivity index (χ1) is 17.1. The van der Waals surface area contributed by atoms with Gasteiger partial charge in [-0.25, -0.2) is 4.98 Å². The topological polar surface area (TPSA) is 94.2 Å². The zero-order valence-electron chi connectivity index (χ0n) is 19.2. The molecule has 0 aliphatic heterocycles. The Morgan fingerprint density at radius 2 is 1.83 bits per heavy atom. The Kier molecular flexibility index (Phi) is 7.19. The van der Waals surface area contributed by atoms with Gasteiger partial charge < -0.3 is 24.1 Å². The lowest BCUT2D eigenvalue weighted by atomic mass is 10.1. The maximum atomic E-state index is 8.87. The highest BCUT2D eigenvalue weighted by molar-refractivity contribution is 6.30. The highest BCUT2D eigenvalue weighted by Crippen LogP contribution is 2.43. The van der Waals surface area contributed by atoms with Gasteiger partial charge in [-0.2, -0.15) is 10.2 Å². The van der Waals surface area contributed by atoms with Crippen molar-refractivity contribution in [2.45, 2.75) is 6.54 Å². The van der Waals surface area contributed by atoms with Crippen molar-refractivity contribution in [3.05, 3.63) is 78.0 Å². The molecule has 35 heavy (non-hydrogen) atoms. The summed E-state index contributed by atoms with van der Waals surface area (Å²) in [6, 6.07) is 14.6. The van der Waals surface area contributed by atoms with Crippen molar-refractivity contribution in [1.82, 2.24) is 14.5 Å². The van der Waals surface area contributed by atoms with Crippen LogP contribution in [0.2, 0.25) is 5.02 Å². The summed E-state index contributed by atoms with van der Waals surface area (Å²) in [5, 5.41) is 12.7. The van der Waals surface area contributed by atoms with Gasteiger partial charge in [0.1, 0.15) is 5.52 Å². The fraction of sp³-hybridized carbons (Fsp3) is 0.115. The van der Waals surface area contributed by atoms with Crippen LogP contribution >= 0.6 is 11.6 Å². The molecule has 0 radical (unpaired) electrons. The molecule has 1 N–H and O–H groups in total. The van der Waals surface area contributed by atoms with Crippen LogP contribution in [0.3, 0.4) is 0 Å². The number of nitrogens with one attached hydrogen (secondary N) is 1. The number of rotatable bonds is 9. The van der Waals surface area contributed by atoms with Gasteiger partial charge in [-0.05, 0) is 54.1 Å². The molecule has 176 valence electrons. The second kappa shape index (κ2) is 10.6. The van der Waals surface area contributed by atoms with Crippen molar-refractivity contribution in [2.75, 3.05) is 19.5 Å². The molecular weight excluding hydrogens is 466 g/mol. The smallest absolute Gasteiger partial charge is 0.249 e. The van der Waals surface area contributed by atoms with E-state index in [4.69, 9.17) is 31.1 Å². The van der Waals surface area contributed by atoms with E-state index in [1.165, 1.54) is 20.3 Å². The van der Waals surface area contributed by atoms with Crippen LogP contribution in [0.1, 0.15) is 5.56 Å². The first-order valence-electron chi connectivity index (χ1n) is 10.6. The number of nitriles is 1. The standard InChI is InChI=1S/C26H22ClN5O3/c1-4-13-32-14-11-20-23(32)25(31-26(30-20)29-19-9-7-18(27)8-10-19)35-24-21(33-2)15-17(6-5-12-28)16-22(24)34-3/h4-11,14-16H,1,13H2,2-3H3,(H,29,30,31)/b6-5+. The SMILES string of the molecule is C=CCn1ccc2nc(Nc3ccc(Cl)cc3)nc(Oc3c(OC)cc(/C=C/C#N)cc3OC)c21. The number of allylic oxidation sites excluding steroid dienone is 2. The molecule has 0 unspecified atom stereocenters. The van der Waals surface area contributed by atoms with Crippen molar-refractivity contribution >= 4 is 40.3 Å². The van der Waals surface area contributed by atoms with Crippen molar-refractivity contribution in [3.63, 3.8) is 0 Å². The van der Waals surface area contributed by atoms with Crippen LogP contribution in [0.4, 0.5) is 11.6 Å². The van der Waals surface area contributed by atoms with E-state index in [1.54, 1.807) is 36.4 Å². The normalized spacial score (nSPS) is 10.8. The molecule has 0 atom stereocenters. The lowest BCUT2D eigenvalue weighted by Crippen LogP contribution is -2.04. The van der Waals surface area contributed by atoms with E-state index in [1.807, 2.05) is 35.0 Å². The van der Waals surface area contributed by atoms with Crippen LogP contribution in [-0.2, 0) is 6.54 Å². The maximum Gasteiger partial charge on any atom is 0.249 e. The van der Waals surface area contributed by atoms with E-state index in [2.05, 4.69) is 21.9 Å². The minimum Gasteiger partial charge on any atom is -0.493 e. The summed E-state index contributed by atoms with van der Waals surface area (Å²) in [5.74, 6) is 1.83. The van der Waals surface area contributed by atoms with E-state index in [9.17, 15) is 0 Å². The van der Waals surface area contributed by atoms with E-state index in [0.29, 0.717) is 51.7 Å². The summed E-state index contributed by atoms with van der Waals surface area (Å²) in [6.07, 6.45) is 6.70. The van der Waals surface area contributed by atoms with Gasteiger partial charge in [-0.1, -0.05) is 17.7 Å². The molecular formula is C26H22ClN5O3. The van der Waals surface area contributed by atoms with E-state index in [0.717, 1.165) is 11.3 Å². The van der Waals surface area contributed by atoms with Gasteiger partial charge >= 0.3 is 0 Å². The van der Waals surface area contributed by atoms with E-state index in [-0.39, 0.29) is 0 Å². The molecule has 2 aromatic carbocycles. The third-order valence-electron chi connectivity index (χ3n) is 5.04. The summed E-state index contributed by atoms with van der Waals surface area (Å²) in [7, 11) is 3.06. The van der Waals surface area contributed by atoms with Gasteiger partial charge in [0.15, 0.2) is 11.5 Å². The first kappa shape index (κ1) is 23.7. The Balaban J connectivity index is 1.83. The highest BCUT2D eigenvalue weighted by atomic mass is 35.5. The summed E-state index contributed by atoms with van der Waals surface area (Å²) in [5.41, 5.74) is 2.86. The molecule has 8 nitrogen and oxygen atoms in total. The van der Waals surface area contributed by atoms with Gasteiger partial charge in [0, 0.05) is 29.5 Å². The fourth-order valence-electron chi connectivity index (χ4n) is 3.48. The number of ether oxygens (including phenoxy) is 3. The number of fused-ring (bicyclic) bond motifs is 1. The second-order valence-electron chi connectivity index (χ2n) is 7.29. The lowest BCUT2D eigenvalue weighted by Gasteiger charge is -2.16. The molecule has 0 amide bonds. The molecule has 4 rings (SSSR count). The zero-order valence-corrected chi connectivity index (χ0v) is 19.9. The van der Waals surface area contributed by atoms with Gasteiger partial charge in [0.25, 0.3) is 0 Å². The lowest BCUT2D eigenvalue weighted by molar-refractivity contribution is 0.343. The summed E-state index contributed by atoms with van der Waals surface area (Å²) in [6.45, 7) is 4.37. The van der Waals surface area contributed by atoms with Gasteiger partial charge in [0.2, 0.25) is 17.6 Å². The largest absolute Gasteiger partial charge is 0.493 e. The van der Waals surface area contributed by atoms with E-state index < -0.39 is 0 Å². The van der Waals surface area contributed by atoms with Crippen LogP contribution in [0, 0.1) is 11.3 Å². The van der Waals surface area contributed by atoms with Crippen molar-refractivity contribution in [1.29, 1.82) is 5.26 Å². The van der Waals surface area contributed by atoms with E-state index >= 15 is 0 Å². The number of hydrogen-bond acceptors (Lipinski definition) is 7. The molecule has 0 bridgehead atoms. The van der Waals surface area contributed by atoms with Crippen molar-refractivity contribution in [3.8, 4) is 29.2 Å². The number of anilines is 2. The molecule has 0 aliphatic carbocycles. The van der Waals surface area contributed by atoms with Crippen LogP contribution in [0.5, 0.6) is 23.1 Å². The number of halogens is 1. The number of methoxy groups -OCH3 is 2.